The molecule has 0 saturated carbocycles. The lowest BCUT2D eigenvalue weighted by Crippen LogP contribution is -2.21. The molecule has 1 heterocycles. The zero-order valence-electron chi connectivity index (χ0n) is 9.92. The van der Waals surface area contributed by atoms with Crippen LogP contribution in [-0.4, -0.2) is 16.1 Å². The van der Waals surface area contributed by atoms with Gasteiger partial charge in [0.05, 0.1) is 10.6 Å². The van der Waals surface area contributed by atoms with E-state index in [2.05, 4.69) is 35.7 Å². The number of rotatable bonds is 7. The van der Waals surface area contributed by atoms with Gasteiger partial charge in [-0.3, -0.25) is 0 Å². The molecular weight excluding hydrogens is 206 g/mol. The van der Waals surface area contributed by atoms with Gasteiger partial charge >= 0.3 is 0 Å². The van der Waals surface area contributed by atoms with Crippen LogP contribution in [0.5, 0.6) is 0 Å². The summed E-state index contributed by atoms with van der Waals surface area (Å²) in [5, 5.41) is 7.70. The number of hydrogen-bond donors (Lipinski definition) is 1. The molecule has 15 heavy (non-hydrogen) atoms. The Labute approximate surface area is 96.5 Å². The average Bonchev–Trinajstić information content (AvgIpc) is 2.72. The fourth-order valence-corrected chi connectivity index (χ4v) is 2.55. The van der Waals surface area contributed by atoms with Gasteiger partial charge in [-0.1, -0.05) is 38.1 Å². The summed E-state index contributed by atoms with van der Waals surface area (Å²) < 4.78 is 4.06. The normalized spacial score (nSPS) is 13.0. The lowest BCUT2D eigenvalue weighted by molar-refractivity contribution is 0.498. The second-order valence-electron chi connectivity index (χ2n) is 3.69. The van der Waals surface area contributed by atoms with Crippen LogP contribution in [0.3, 0.4) is 0 Å². The van der Waals surface area contributed by atoms with E-state index in [0.717, 1.165) is 13.0 Å². The molecule has 1 rings (SSSR count). The second kappa shape index (κ2) is 6.90. The summed E-state index contributed by atoms with van der Waals surface area (Å²) in [6.07, 6.45) is 4.69. The SMILES string of the molecule is CCCCC(NCC)c1snnc1CC. The number of aryl methyl sites for hydroxylation is 1. The Hall–Kier alpha value is -0.480. The minimum Gasteiger partial charge on any atom is -0.309 e. The molecule has 4 heteroatoms. The van der Waals surface area contributed by atoms with Gasteiger partial charge in [-0.15, -0.1) is 5.10 Å². The van der Waals surface area contributed by atoms with Crippen LogP contribution < -0.4 is 5.32 Å². The highest BCUT2D eigenvalue weighted by molar-refractivity contribution is 7.05. The fraction of sp³-hybridized carbons (Fsp3) is 0.818. The topological polar surface area (TPSA) is 37.8 Å². The van der Waals surface area contributed by atoms with Gasteiger partial charge in [-0.2, -0.15) is 0 Å². The van der Waals surface area contributed by atoms with E-state index in [-0.39, 0.29) is 0 Å². The van der Waals surface area contributed by atoms with Crippen LogP contribution in [0.15, 0.2) is 0 Å². The Morgan fingerprint density at radius 3 is 2.73 bits per heavy atom. The summed E-state index contributed by atoms with van der Waals surface area (Å²) in [5.74, 6) is 0. The van der Waals surface area contributed by atoms with Gasteiger partial charge in [-0.05, 0) is 30.9 Å². The van der Waals surface area contributed by atoms with Gasteiger partial charge in [0.15, 0.2) is 0 Å². The molecule has 1 unspecified atom stereocenters. The maximum Gasteiger partial charge on any atom is 0.0800 e. The quantitative estimate of drug-likeness (QED) is 0.778. The third kappa shape index (κ3) is 3.54. The molecule has 0 spiro atoms. The molecule has 1 aromatic heterocycles. The highest BCUT2D eigenvalue weighted by Gasteiger charge is 2.16. The zero-order chi connectivity index (χ0) is 11.1. The van der Waals surface area contributed by atoms with Crippen LogP contribution >= 0.6 is 11.5 Å². The average molecular weight is 227 g/mol. The molecule has 0 aliphatic rings. The molecule has 3 nitrogen and oxygen atoms in total. The number of hydrogen-bond acceptors (Lipinski definition) is 4. The molecule has 1 atom stereocenters. The molecule has 1 aromatic rings. The lowest BCUT2D eigenvalue weighted by atomic mass is 10.1. The van der Waals surface area contributed by atoms with Crippen LogP contribution in [0.25, 0.3) is 0 Å². The van der Waals surface area contributed by atoms with Crippen molar-refractivity contribution < 1.29 is 0 Å². The summed E-state index contributed by atoms with van der Waals surface area (Å²) in [4.78, 5) is 1.34. The van der Waals surface area contributed by atoms with E-state index >= 15 is 0 Å². The van der Waals surface area contributed by atoms with Gasteiger partial charge in [0, 0.05) is 6.04 Å². The Balaban J connectivity index is 2.69. The van der Waals surface area contributed by atoms with Crippen LogP contribution in [-0.2, 0) is 6.42 Å². The van der Waals surface area contributed by atoms with E-state index in [1.165, 1.54) is 29.8 Å². The fourth-order valence-electron chi connectivity index (χ4n) is 1.71. The predicted octanol–water partition coefficient (Wildman–Crippen LogP) is 2.94. The smallest absolute Gasteiger partial charge is 0.0800 e. The first kappa shape index (κ1) is 12.6. The molecule has 0 saturated heterocycles. The molecule has 0 amide bonds. The van der Waals surface area contributed by atoms with Crippen molar-refractivity contribution in [2.24, 2.45) is 0 Å². The molecule has 0 aliphatic carbocycles. The van der Waals surface area contributed by atoms with E-state index in [4.69, 9.17) is 0 Å². The number of unbranched alkanes of at least 4 members (excludes halogenated alkanes) is 1. The lowest BCUT2D eigenvalue weighted by Gasteiger charge is -2.16. The minimum atomic E-state index is 0.463. The number of nitrogens with zero attached hydrogens (tertiary/aromatic N) is 2. The van der Waals surface area contributed by atoms with E-state index in [0.29, 0.717) is 6.04 Å². The summed E-state index contributed by atoms with van der Waals surface area (Å²) in [7, 11) is 0. The van der Waals surface area contributed by atoms with Gasteiger partial charge in [0.2, 0.25) is 0 Å². The molecule has 1 N–H and O–H groups in total. The summed E-state index contributed by atoms with van der Waals surface area (Å²) in [5.41, 5.74) is 1.17. The van der Waals surface area contributed by atoms with Gasteiger partial charge in [0.25, 0.3) is 0 Å². The first-order chi connectivity index (χ1) is 7.33. The Bertz CT molecular complexity index is 273. The third-order valence-corrected chi connectivity index (χ3v) is 3.41. The summed E-state index contributed by atoms with van der Waals surface area (Å²) in [6.45, 7) is 7.53. The van der Waals surface area contributed by atoms with E-state index in [9.17, 15) is 0 Å². The van der Waals surface area contributed by atoms with Crippen molar-refractivity contribution in [3.8, 4) is 0 Å². The monoisotopic (exact) mass is 227 g/mol. The van der Waals surface area contributed by atoms with Crippen molar-refractivity contribution in [3.63, 3.8) is 0 Å². The molecular formula is C11H21N3S. The van der Waals surface area contributed by atoms with Crippen LogP contribution in [0.4, 0.5) is 0 Å². The highest BCUT2D eigenvalue weighted by atomic mass is 32.1. The molecule has 0 bridgehead atoms. The molecule has 86 valence electrons. The summed E-state index contributed by atoms with van der Waals surface area (Å²) >= 11 is 1.55. The van der Waals surface area contributed by atoms with Crippen molar-refractivity contribution in [1.29, 1.82) is 0 Å². The van der Waals surface area contributed by atoms with Crippen LogP contribution in [0.2, 0.25) is 0 Å². The Morgan fingerprint density at radius 2 is 2.13 bits per heavy atom. The minimum absolute atomic E-state index is 0.463. The van der Waals surface area contributed by atoms with E-state index < -0.39 is 0 Å². The predicted molar refractivity (Wildman–Crippen MR) is 65.2 cm³/mol. The Kier molecular flexibility index (Phi) is 5.79. The molecule has 0 aliphatic heterocycles. The molecule has 0 radical (unpaired) electrons. The standard InChI is InChI=1S/C11H21N3S/c1-4-7-8-10(12-6-3)11-9(5-2)13-14-15-11/h10,12H,4-8H2,1-3H3. The zero-order valence-corrected chi connectivity index (χ0v) is 10.7. The maximum absolute atomic E-state index is 4.17. The number of aromatic nitrogens is 2. The highest BCUT2D eigenvalue weighted by Crippen LogP contribution is 2.25. The third-order valence-electron chi connectivity index (χ3n) is 2.53. The van der Waals surface area contributed by atoms with Crippen LogP contribution in [0.1, 0.15) is 56.6 Å². The molecule has 0 fully saturated rings. The van der Waals surface area contributed by atoms with Gasteiger partial charge in [-0.25, -0.2) is 0 Å². The van der Waals surface area contributed by atoms with Crippen LogP contribution in [0, 0.1) is 0 Å². The van der Waals surface area contributed by atoms with Crippen molar-refractivity contribution in [2.75, 3.05) is 6.54 Å². The maximum atomic E-state index is 4.17. The van der Waals surface area contributed by atoms with E-state index in [1.54, 1.807) is 11.5 Å². The Morgan fingerprint density at radius 1 is 1.33 bits per heavy atom. The number of nitrogens with one attached hydrogen (secondary N) is 1. The molecule has 0 aromatic carbocycles. The largest absolute Gasteiger partial charge is 0.309 e. The van der Waals surface area contributed by atoms with Crippen molar-refractivity contribution in [1.82, 2.24) is 14.9 Å². The second-order valence-corrected chi connectivity index (χ2v) is 4.48. The van der Waals surface area contributed by atoms with Crippen molar-refractivity contribution >= 4 is 11.5 Å². The first-order valence-corrected chi connectivity index (χ1v) is 6.65. The van der Waals surface area contributed by atoms with Gasteiger partial charge in [0.1, 0.15) is 0 Å². The summed E-state index contributed by atoms with van der Waals surface area (Å²) in [6, 6.07) is 0.463. The first-order valence-electron chi connectivity index (χ1n) is 5.87. The van der Waals surface area contributed by atoms with E-state index in [1.807, 2.05) is 0 Å². The van der Waals surface area contributed by atoms with Gasteiger partial charge < -0.3 is 5.32 Å². The van der Waals surface area contributed by atoms with Crippen molar-refractivity contribution in [3.05, 3.63) is 10.6 Å². The van der Waals surface area contributed by atoms with Crippen molar-refractivity contribution in [2.45, 2.75) is 52.5 Å².